The molecule has 0 aliphatic carbocycles. The molecule has 0 atom stereocenters. The monoisotopic (exact) mass is 289 g/mol. The third-order valence-electron chi connectivity index (χ3n) is 3.26. The van der Waals surface area contributed by atoms with Crippen molar-refractivity contribution < 1.29 is 4.42 Å². The van der Waals surface area contributed by atoms with Crippen LogP contribution in [0.5, 0.6) is 0 Å². The van der Waals surface area contributed by atoms with Crippen molar-refractivity contribution in [3.8, 4) is 0 Å². The fourth-order valence-corrected chi connectivity index (χ4v) is 2.51. The molecule has 3 aromatic rings. The van der Waals surface area contributed by atoms with Gasteiger partial charge in [-0.1, -0.05) is 6.07 Å². The van der Waals surface area contributed by atoms with Crippen molar-refractivity contribution in [2.75, 3.05) is 5.88 Å². The fourth-order valence-electron chi connectivity index (χ4n) is 2.34. The van der Waals surface area contributed by atoms with Crippen LogP contribution in [0.25, 0.3) is 11.0 Å². The number of fused-ring (bicyclic) bond motifs is 1. The minimum atomic E-state index is 0.549. The molecule has 0 amide bonds. The van der Waals surface area contributed by atoms with E-state index in [4.69, 9.17) is 16.0 Å². The van der Waals surface area contributed by atoms with E-state index < -0.39 is 0 Å². The van der Waals surface area contributed by atoms with E-state index in [1.165, 1.54) is 5.56 Å². The molecule has 0 spiro atoms. The summed E-state index contributed by atoms with van der Waals surface area (Å²) in [4.78, 5) is 8.93. The number of hydrogen-bond acceptors (Lipinski definition) is 3. The first-order valence-corrected chi connectivity index (χ1v) is 7.14. The van der Waals surface area contributed by atoms with Crippen LogP contribution in [0.4, 0.5) is 0 Å². The summed E-state index contributed by atoms with van der Waals surface area (Å²) in [5.74, 6) is 3.03. The fraction of sp³-hybridized carbons (Fsp3) is 0.333. The predicted octanol–water partition coefficient (Wildman–Crippen LogP) is 3.47. The van der Waals surface area contributed by atoms with Crippen LogP contribution < -0.4 is 0 Å². The molecule has 2 aromatic heterocycles. The lowest BCUT2D eigenvalue weighted by Gasteiger charge is -2.06. The summed E-state index contributed by atoms with van der Waals surface area (Å²) >= 11 is 5.88. The highest BCUT2D eigenvalue weighted by molar-refractivity contribution is 6.17. The van der Waals surface area contributed by atoms with E-state index >= 15 is 0 Å². The molecule has 104 valence electrons. The van der Waals surface area contributed by atoms with Crippen LogP contribution in [-0.2, 0) is 13.0 Å². The summed E-state index contributed by atoms with van der Waals surface area (Å²) in [6.45, 7) is 4.56. The topological polar surface area (TPSA) is 43.9 Å². The average molecular weight is 290 g/mol. The van der Waals surface area contributed by atoms with Gasteiger partial charge in [-0.3, -0.25) is 0 Å². The Kier molecular flexibility index (Phi) is 3.49. The van der Waals surface area contributed by atoms with Crippen molar-refractivity contribution in [1.29, 1.82) is 0 Å². The van der Waals surface area contributed by atoms with Gasteiger partial charge in [-0.25, -0.2) is 9.97 Å². The molecular weight excluding hydrogens is 274 g/mol. The second-order valence-electron chi connectivity index (χ2n) is 4.91. The van der Waals surface area contributed by atoms with Gasteiger partial charge in [0.2, 0.25) is 5.89 Å². The van der Waals surface area contributed by atoms with Crippen LogP contribution in [0, 0.1) is 13.8 Å². The van der Waals surface area contributed by atoms with Gasteiger partial charge in [-0.05, 0) is 31.5 Å². The van der Waals surface area contributed by atoms with Gasteiger partial charge in [0.15, 0.2) is 0 Å². The highest BCUT2D eigenvalue weighted by atomic mass is 35.5. The number of aromatic nitrogens is 3. The maximum absolute atomic E-state index is 5.88. The number of oxazole rings is 1. The quantitative estimate of drug-likeness (QED) is 0.691. The van der Waals surface area contributed by atoms with Gasteiger partial charge in [0.05, 0.1) is 17.2 Å². The van der Waals surface area contributed by atoms with E-state index in [-0.39, 0.29) is 0 Å². The van der Waals surface area contributed by atoms with Gasteiger partial charge < -0.3 is 8.98 Å². The molecular formula is C15H16ClN3O. The molecule has 3 rings (SSSR count). The molecule has 0 N–H and O–H groups in total. The van der Waals surface area contributed by atoms with Gasteiger partial charge in [0.1, 0.15) is 18.1 Å². The lowest BCUT2D eigenvalue weighted by Crippen LogP contribution is -2.06. The van der Waals surface area contributed by atoms with Gasteiger partial charge in [-0.15, -0.1) is 11.6 Å². The van der Waals surface area contributed by atoms with Crippen LogP contribution >= 0.6 is 11.6 Å². The predicted molar refractivity (Wildman–Crippen MR) is 79.2 cm³/mol. The van der Waals surface area contributed by atoms with Crippen LogP contribution in [0.1, 0.15) is 23.0 Å². The highest BCUT2D eigenvalue weighted by Gasteiger charge is 2.13. The molecule has 0 unspecified atom stereocenters. The molecule has 0 radical (unpaired) electrons. The molecule has 0 aliphatic rings. The smallest absolute Gasteiger partial charge is 0.214 e. The number of alkyl halides is 1. The zero-order chi connectivity index (χ0) is 14.1. The first-order valence-electron chi connectivity index (χ1n) is 6.60. The summed E-state index contributed by atoms with van der Waals surface area (Å²) in [6, 6.07) is 6.25. The van der Waals surface area contributed by atoms with Crippen molar-refractivity contribution in [2.45, 2.75) is 26.8 Å². The summed E-state index contributed by atoms with van der Waals surface area (Å²) in [5, 5.41) is 0. The van der Waals surface area contributed by atoms with Crippen molar-refractivity contribution in [1.82, 2.24) is 14.5 Å². The highest BCUT2D eigenvalue weighted by Crippen LogP contribution is 2.20. The van der Waals surface area contributed by atoms with Crippen molar-refractivity contribution >= 4 is 22.6 Å². The maximum Gasteiger partial charge on any atom is 0.214 e. The van der Waals surface area contributed by atoms with Gasteiger partial charge in [-0.2, -0.15) is 0 Å². The van der Waals surface area contributed by atoms with Crippen LogP contribution in [0.15, 0.2) is 28.8 Å². The second kappa shape index (κ2) is 5.29. The molecule has 0 saturated carbocycles. The minimum Gasteiger partial charge on any atom is -0.444 e. The summed E-state index contributed by atoms with van der Waals surface area (Å²) in [5.41, 5.74) is 3.29. The summed E-state index contributed by atoms with van der Waals surface area (Å²) < 4.78 is 7.71. The van der Waals surface area contributed by atoms with E-state index in [0.717, 1.165) is 29.0 Å². The molecule has 20 heavy (non-hydrogen) atoms. The summed E-state index contributed by atoms with van der Waals surface area (Å²) in [6.07, 6.45) is 2.47. The van der Waals surface area contributed by atoms with Crippen LogP contribution in [0.2, 0.25) is 0 Å². The van der Waals surface area contributed by atoms with Gasteiger partial charge in [0, 0.05) is 12.3 Å². The van der Waals surface area contributed by atoms with Crippen molar-refractivity contribution in [2.24, 2.45) is 0 Å². The number of halogens is 1. The first-order chi connectivity index (χ1) is 9.67. The Morgan fingerprint density at radius 1 is 1.30 bits per heavy atom. The maximum atomic E-state index is 5.88. The van der Waals surface area contributed by atoms with E-state index in [9.17, 15) is 0 Å². The van der Waals surface area contributed by atoms with E-state index in [0.29, 0.717) is 18.3 Å². The Balaban J connectivity index is 2.09. The zero-order valence-corrected chi connectivity index (χ0v) is 12.3. The van der Waals surface area contributed by atoms with Gasteiger partial charge in [0.25, 0.3) is 0 Å². The third kappa shape index (κ3) is 2.43. The molecule has 0 bridgehead atoms. The standard InChI is InChI=1S/C15H16ClN3O/c1-10-3-4-12-13(7-10)19(14(18-12)5-6-16)9-15-17-8-11(2)20-15/h3-4,7-8H,5-6,9H2,1-2H3. The number of imidazole rings is 1. The Bertz CT molecular complexity index is 745. The number of hydrogen-bond donors (Lipinski definition) is 0. The van der Waals surface area contributed by atoms with E-state index in [1.54, 1.807) is 6.20 Å². The first kappa shape index (κ1) is 13.2. The zero-order valence-electron chi connectivity index (χ0n) is 11.6. The van der Waals surface area contributed by atoms with E-state index in [1.807, 2.05) is 13.0 Å². The third-order valence-corrected chi connectivity index (χ3v) is 3.45. The molecule has 0 aliphatic heterocycles. The lowest BCUT2D eigenvalue weighted by atomic mass is 10.2. The molecule has 1 aromatic carbocycles. The Morgan fingerprint density at radius 3 is 2.85 bits per heavy atom. The second-order valence-corrected chi connectivity index (χ2v) is 5.29. The minimum absolute atomic E-state index is 0.549. The van der Waals surface area contributed by atoms with E-state index in [2.05, 4.69) is 33.6 Å². The van der Waals surface area contributed by atoms with Crippen LogP contribution in [0.3, 0.4) is 0 Å². The Labute approximate surface area is 122 Å². The van der Waals surface area contributed by atoms with Crippen molar-refractivity contribution in [3.63, 3.8) is 0 Å². The number of rotatable bonds is 4. The molecule has 0 fully saturated rings. The SMILES string of the molecule is Cc1ccc2nc(CCCl)n(Cc3ncc(C)o3)c2c1. The summed E-state index contributed by atoms with van der Waals surface area (Å²) in [7, 11) is 0. The Morgan fingerprint density at radius 2 is 2.15 bits per heavy atom. The molecule has 5 heteroatoms. The Hall–Kier alpha value is -1.81. The van der Waals surface area contributed by atoms with Crippen molar-refractivity contribution in [3.05, 3.63) is 47.4 Å². The molecule has 2 heterocycles. The average Bonchev–Trinajstić information content (AvgIpc) is 2.96. The number of nitrogens with zero attached hydrogens (tertiary/aromatic N) is 3. The number of aryl methyl sites for hydroxylation is 3. The van der Waals surface area contributed by atoms with Gasteiger partial charge >= 0.3 is 0 Å². The molecule has 4 nitrogen and oxygen atoms in total. The number of benzene rings is 1. The van der Waals surface area contributed by atoms with Crippen LogP contribution in [-0.4, -0.2) is 20.4 Å². The largest absolute Gasteiger partial charge is 0.444 e. The normalized spacial score (nSPS) is 11.3. The molecule has 0 saturated heterocycles. The lowest BCUT2D eigenvalue weighted by molar-refractivity contribution is 0.456.